The van der Waals surface area contributed by atoms with Gasteiger partial charge in [0, 0.05) is 51.3 Å². The molecular formula is C23H28F3N3O2S. The summed E-state index contributed by atoms with van der Waals surface area (Å²) in [5.41, 5.74) is -0.186. The summed E-state index contributed by atoms with van der Waals surface area (Å²) in [4.78, 5) is 22.4. The Hall–Kier alpha value is -1.97. The van der Waals surface area contributed by atoms with Gasteiger partial charge in [-0.25, -0.2) is 4.98 Å². The molecule has 1 aromatic heterocycles. The van der Waals surface area contributed by atoms with Crippen LogP contribution in [-0.2, 0) is 34.1 Å². The number of alkyl halides is 3. The second-order valence-corrected chi connectivity index (χ2v) is 9.37. The van der Waals surface area contributed by atoms with Gasteiger partial charge in [-0.1, -0.05) is 25.1 Å². The molecule has 32 heavy (non-hydrogen) atoms. The normalized spacial score (nSPS) is 19.8. The minimum Gasteiger partial charge on any atom is -0.381 e. The average Bonchev–Trinajstić information content (AvgIpc) is 3.26. The van der Waals surface area contributed by atoms with E-state index in [1.54, 1.807) is 17.4 Å². The fourth-order valence-electron chi connectivity index (χ4n) is 4.56. The molecule has 2 aliphatic heterocycles. The van der Waals surface area contributed by atoms with Crippen molar-refractivity contribution in [3.8, 4) is 0 Å². The van der Waals surface area contributed by atoms with Gasteiger partial charge in [0.05, 0.1) is 21.7 Å². The zero-order valence-corrected chi connectivity index (χ0v) is 19.0. The molecule has 0 radical (unpaired) electrons. The minimum atomic E-state index is -4.44. The minimum absolute atomic E-state index is 0.0818. The summed E-state index contributed by atoms with van der Waals surface area (Å²) < 4.78 is 45.5. The molecule has 0 unspecified atom stereocenters. The van der Waals surface area contributed by atoms with Crippen LogP contribution in [-0.4, -0.2) is 60.1 Å². The molecule has 0 bridgehead atoms. The molecule has 0 aliphatic carbocycles. The van der Waals surface area contributed by atoms with Gasteiger partial charge in [-0.15, -0.1) is 11.3 Å². The summed E-state index contributed by atoms with van der Waals surface area (Å²) in [5.74, 6) is -0.0818. The van der Waals surface area contributed by atoms with Gasteiger partial charge >= 0.3 is 6.18 Å². The van der Waals surface area contributed by atoms with Gasteiger partial charge in [0.25, 0.3) is 0 Å². The van der Waals surface area contributed by atoms with E-state index in [1.807, 2.05) is 4.90 Å². The SMILES string of the molecule is CCc1nc(CN2CCN(C(=O)C3(c4cccc(C(F)(F)F)c4)CCOCC3)CC2)cs1. The first kappa shape index (κ1) is 23.2. The summed E-state index contributed by atoms with van der Waals surface area (Å²) >= 11 is 1.67. The van der Waals surface area contributed by atoms with Crippen molar-refractivity contribution >= 4 is 17.2 Å². The highest BCUT2D eigenvalue weighted by Crippen LogP contribution is 2.39. The number of carbonyl (C=O) groups is 1. The quantitative estimate of drug-likeness (QED) is 0.664. The number of thiazole rings is 1. The van der Waals surface area contributed by atoms with E-state index in [-0.39, 0.29) is 5.91 Å². The molecule has 0 saturated carbocycles. The lowest BCUT2D eigenvalue weighted by atomic mass is 9.72. The summed E-state index contributed by atoms with van der Waals surface area (Å²) in [6.45, 7) is 6.14. The Bertz CT molecular complexity index is 933. The molecule has 0 spiro atoms. The van der Waals surface area contributed by atoms with E-state index < -0.39 is 17.2 Å². The Morgan fingerprint density at radius 3 is 2.53 bits per heavy atom. The summed E-state index contributed by atoms with van der Waals surface area (Å²) in [7, 11) is 0. The van der Waals surface area contributed by atoms with Gasteiger partial charge in [-0.05, 0) is 30.9 Å². The average molecular weight is 468 g/mol. The van der Waals surface area contributed by atoms with Crippen LogP contribution in [0, 0.1) is 0 Å². The molecule has 2 aromatic rings. The molecule has 4 rings (SSSR count). The van der Waals surface area contributed by atoms with Gasteiger partial charge in [0.15, 0.2) is 0 Å². The highest BCUT2D eigenvalue weighted by atomic mass is 32.1. The number of nitrogens with zero attached hydrogens (tertiary/aromatic N) is 3. The van der Waals surface area contributed by atoms with Crippen molar-refractivity contribution < 1.29 is 22.7 Å². The second kappa shape index (κ2) is 9.49. The predicted molar refractivity (Wildman–Crippen MR) is 117 cm³/mol. The van der Waals surface area contributed by atoms with Gasteiger partial charge < -0.3 is 9.64 Å². The van der Waals surface area contributed by atoms with Crippen LogP contribution in [0.3, 0.4) is 0 Å². The number of aromatic nitrogens is 1. The van der Waals surface area contributed by atoms with E-state index in [4.69, 9.17) is 4.74 Å². The lowest BCUT2D eigenvalue weighted by molar-refractivity contribution is -0.144. The highest BCUT2D eigenvalue weighted by Gasteiger charge is 2.45. The molecule has 2 fully saturated rings. The Morgan fingerprint density at radius 2 is 1.91 bits per heavy atom. The smallest absolute Gasteiger partial charge is 0.381 e. The topological polar surface area (TPSA) is 45.7 Å². The number of amides is 1. The summed E-state index contributed by atoms with van der Waals surface area (Å²) in [5, 5.41) is 3.21. The molecule has 0 N–H and O–H groups in total. The third-order valence-electron chi connectivity index (χ3n) is 6.45. The monoisotopic (exact) mass is 467 g/mol. The van der Waals surface area contributed by atoms with Crippen LogP contribution in [0.1, 0.15) is 41.6 Å². The Morgan fingerprint density at radius 1 is 1.19 bits per heavy atom. The zero-order chi connectivity index (χ0) is 22.8. The number of hydrogen-bond acceptors (Lipinski definition) is 5. The van der Waals surface area contributed by atoms with Crippen LogP contribution in [0.15, 0.2) is 29.6 Å². The molecule has 5 nitrogen and oxygen atoms in total. The Balaban J connectivity index is 1.48. The number of piperazine rings is 1. The number of ether oxygens (including phenoxy) is 1. The Labute approximate surface area is 190 Å². The van der Waals surface area contributed by atoms with Crippen molar-refractivity contribution in [2.45, 2.75) is 44.3 Å². The van der Waals surface area contributed by atoms with E-state index in [0.717, 1.165) is 48.9 Å². The number of hydrogen-bond donors (Lipinski definition) is 0. The first-order valence-corrected chi connectivity index (χ1v) is 11.9. The van der Waals surface area contributed by atoms with Crippen molar-refractivity contribution in [1.82, 2.24) is 14.8 Å². The number of aryl methyl sites for hydroxylation is 1. The van der Waals surface area contributed by atoms with E-state index in [2.05, 4.69) is 22.2 Å². The van der Waals surface area contributed by atoms with Gasteiger partial charge in [0.2, 0.25) is 5.91 Å². The summed E-state index contributed by atoms with van der Waals surface area (Å²) in [6, 6.07) is 5.26. The number of rotatable bonds is 5. The lowest BCUT2D eigenvalue weighted by Crippen LogP contribution is -2.55. The molecule has 1 aromatic carbocycles. The lowest BCUT2D eigenvalue weighted by Gasteiger charge is -2.43. The van der Waals surface area contributed by atoms with E-state index >= 15 is 0 Å². The van der Waals surface area contributed by atoms with Crippen LogP contribution < -0.4 is 0 Å². The zero-order valence-electron chi connectivity index (χ0n) is 18.2. The maximum absolute atomic E-state index is 13.7. The van der Waals surface area contributed by atoms with Gasteiger partial charge in [0.1, 0.15) is 0 Å². The van der Waals surface area contributed by atoms with E-state index in [1.165, 1.54) is 6.07 Å². The largest absolute Gasteiger partial charge is 0.416 e. The number of halogens is 3. The molecule has 2 saturated heterocycles. The van der Waals surface area contributed by atoms with Crippen LogP contribution >= 0.6 is 11.3 Å². The number of benzene rings is 1. The number of carbonyl (C=O) groups excluding carboxylic acids is 1. The molecule has 1 amide bonds. The van der Waals surface area contributed by atoms with Gasteiger partial charge in [-0.2, -0.15) is 13.2 Å². The maximum Gasteiger partial charge on any atom is 0.416 e. The molecule has 174 valence electrons. The highest BCUT2D eigenvalue weighted by molar-refractivity contribution is 7.09. The third-order valence-corrected chi connectivity index (χ3v) is 7.49. The van der Waals surface area contributed by atoms with Crippen molar-refractivity contribution in [2.75, 3.05) is 39.4 Å². The molecular weight excluding hydrogens is 439 g/mol. The van der Waals surface area contributed by atoms with Crippen molar-refractivity contribution in [2.24, 2.45) is 0 Å². The second-order valence-electron chi connectivity index (χ2n) is 8.43. The van der Waals surface area contributed by atoms with E-state index in [0.29, 0.717) is 44.7 Å². The summed E-state index contributed by atoms with van der Waals surface area (Å²) in [6.07, 6.45) is -2.73. The first-order chi connectivity index (χ1) is 15.3. The predicted octanol–water partition coefficient (Wildman–Crippen LogP) is 4.12. The van der Waals surface area contributed by atoms with Crippen LogP contribution in [0.4, 0.5) is 13.2 Å². The van der Waals surface area contributed by atoms with Crippen LogP contribution in [0.2, 0.25) is 0 Å². The fraction of sp³-hybridized carbons (Fsp3) is 0.565. The van der Waals surface area contributed by atoms with Gasteiger partial charge in [-0.3, -0.25) is 9.69 Å². The molecule has 3 heterocycles. The molecule has 9 heteroatoms. The van der Waals surface area contributed by atoms with E-state index in [9.17, 15) is 18.0 Å². The van der Waals surface area contributed by atoms with Crippen LogP contribution in [0.5, 0.6) is 0 Å². The van der Waals surface area contributed by atoms with Crippen LogP contribution in [0.25, 0.3) is 0 Å². The first-order valence-electron chi connectivity index (χ1n) is 11.0. The van der Waals surface area contributed by atoms with Crippen molar-refractivity contribution in [3.63, 3.8) is 0 Å². The molecule has 2 aliphatic rings. The Kier molecular flexibility index (Phi) is 6.88. The van der Waals surface area contributed by atoms with Crippen molar-refractivity contribution in [3.05, 3.63) is 51.5 Å². The molecule has 0 atom stereocenters. The standard InChI is InChI=1S/C23H28F3N3O2S/c1-2-20-27-19(16-32-20)15-28-8-10-29(11-9-28)21(30)22(6-12-31-13-7-22)17-4-3-5-18(14-17)23(24,25)26/h3-5,14,16H,2,6-13,15H2,1H3. The van der Waals surface area contributed by atoms with Crippen molar-refractivity contribution in [1.29, 1.82) is 0 Å². The third kappa shape index (κ3) is 4.84. The maximum atomic E-state index is 13.7. The fourth-order valence-corrected chi connectivity index (χ4v) is 5.30.